The van der Waals surface area contributed by atoms with Crippen LogP contribution in [0.1, 0.15) is 31.9 Å². The van der Waals surface area contributed by atoms with Crippen LogP contribution in [0.25, 0.3) is 0 Å². The second-order valence-corrected chi connectivity index (χ2v) is 7.20. The van der Waals surface area contributed by atoms with Gasteiger partial charge in [-0.3, -0.25) is 0 Å². The van der Waals surface area contributed by atoms with Gasteiger partial charge in [0.05, 0.1) is 0 Å². The number of aromatic nitrogens is 1. The van der Waals surface area contributed by atoms with Crippen LogP contribution in [-0.4, -0.2) is 19.9 Å². The number of thiophene rings is 1. The van der Waals surface area contributed by atoms with Gasteiger partial charge in [-0.2, -0.15) is 11.3 Å². The van der Waals surface area contributed by atoms with E-state index in [1.54, 1.807) is 23.5 Å². The monoisotopic (exact) mass is 325 g/mol. The molecule has 1 atom stereocenters. The highest BCUT2D eigenvalue weighted by molar-refractivity contribution is 7.89. The van der Waals surface area contributed by atoms with Crippen molar-refractivity contribution in [3.8, 4) is 0 Å². The zero-order chi connectivity index (χ0) is 15.3. The Kier molecular flexibility index (Phi) is 5.33. The fourth-order valence-electron chi connectivity index (χ4n) is 1.79. The molecule has 0 bridgehead atoms. The summed E-state index contributed by atoms with van der Waals surface area (Å²) in [6, 6.07) is 4.89. The first-order valence-electron chi connectivity index (χ1n) is 6.77. The minimum atomic E-state index is -3.56. The second kappa shape index (κ2) is 7.02. The van der Waals surface area contributed by atoms with Crippen LogP contribution >= 0.6 is 11.3 Å². The molecule has 7 heteroatoms. The van der Waals surface area contributed by atoms with E-state index in [4.69, 9.17) is 0 Å². The molecule has 114 valence electrons. The lowest BCUT2D eigenvalue weighted by atomic mass is 10.2. The zero-order valence-corrected chi connectivity index (χ0v) is 13.7. The molecule has 0 radical (unpaired) electrons. The van der Waals surface area contributed by atoms with Crippen LogP contribution in [0.2, 0.25) is 0 Å². The van der Waals surface area contributed by atoms with E-state index < -0.39 is 10.0 Å². The van der Waals surface area contributed by atoms with Crippen molar-refractivity contribution < 1.29 is 8.42 Å². The maximum absolute atomic E-state index is 12.3. The van der Waals surface area contributed by atoms with Crippen LogP contribution < -0.4 is 10.0 Å². The summed E-state index contributed by atoms with van der Waals surface area (Å²) in [5, 5.41) is 6.97. The van der Waals surface area contributed by atoms with E-state index in [-0.39, 0.29) is 10.9 Å². The van der Waals surface area contributed by atoms with Gasteiger partial charge in [0, 0.05) is 18.8 Å². The van der Waals surface area contributed by atoms with Gasteiger partial charge >= 0.3 is 0 Å². The first-order chi connectivity index (χ1) is 10.0. The molecular weight excluding hydrogens is 306 g/mol. The molecule has 0 spiro atoms. The van der Waals surface area contributed by atoms with Gasteiger partial charge in [-0.1, -0.05) is 6.92 Å². The molecule has 0 amide bonds. The Balaban J connectivity index is 2.08. The molecule has 0 aromatic carbocycles. The van der Waals surface area contributed by atoms with Crippen molar-refractivity contribution in [2.24, 2.45) is 0 Å². The number of hydrogen-bond donors (Lipinski definition) is 2. The van der Waals surface area contributed by atoms with Crippen molar-refractivity contribution in [2.75, 3.05) is 11.9 Å². The number of pyridine rings is 1. The van der Waals surface area contributed by atoms with E-state index >= 15 is 0 Å². The van der Waals surface area contributed by atoms with Crippen LogP contribution in [0.4, 0.5) is 5.82 Å². The lowest BCUT2D eigenvalue weighted by Crippen LogP contribution is -2.26. The van der Waals surface area contributed by atoms with Gasteiger partial charge in [-0.15, -0.1) is 0 Å². The molecule has 0 aliphatic heterocycles. The number of anilines is 1. The Bertz CT molecular complexity index is 652. The molecule has 0 aliphatic rings. The summed E-state index contributed by atoms with van der Waals surface area (Å²) in [7, 11) is -3.56. The molecular formula is C14H19N3O2S2. The quantitative estimate of drug-likeness (QED) is 0.821. The molecule has 0 aliphatic carbocycles. The number of nitrogens with zero attached hydrogens (tertiary/aromatic N) is 1. The highest BCUT2D eigenvalue weighted by Gasteiger charge is 2.18. The minimum Gasteiger partial charge on any atom is -0.370 e. The Labute approximate surface area is 129 Å². The average Bonchev–Trinajstić information content (AvgIpc) is 2.99. The highest BCUT2D eigenvalue weighted by atomic mass is 32.2. The van der Waals surface area contributed by atoms with Crippen LogP contribution in [0.5, 0.6) is 0 Å². The standard InChI is InChI=1S/C14H19N3O2S2/c1-3-7-15-14-5-4-13(9-16-14)21(18,19)17-11(2)12-6-8-20-10-12/h4-6,8-11,17H,3,7H2,1-2H3,(H,15,16). The van der Waals surface area contributed by atoms with Gasteiger partial charge in [0.2, 0.25) is 10.0 Å². The Hall–Kier alpha value is -1.44. The molecule has 0 saturated carbocycles. The van der Waals surface area contributed by atoms with E-state index in [9.17, 15) is 8.42 Å². The summed E-state index contributed by atoms with van der Waals surface area (Å²) in [5.74, 6) is 0.682. The van der Waals surface area contributed by atoms with Crippen LogP contribution in [0, 0.1) is 0 Å². The Morgan fingerprint density at radius 2 is 2.14 bits per heavy atom. The molecule has 21 heavy (non-hydrogen) atoms. The largest absolute Gasteiger partial charge is 0.370 e. The van der Waals surface area contributed by atoms with E-state index in [0.29, 0.717) is 5.82 Å². The van der Waals surface area contributed by atoms with E-state index in [1.165, 1.54) is 6.20 Å². The van der Waals surface area contributed by atoms with Crippen molar-refractivity contribution in [3.05, 3.63) is 40.7 Å². The van der Waals surface area contributed by atoms with Crippen molar-refractivity contribution >= 4 is 27.2 Å². The maximum Gasteiger partial charge on any atom is 0.242 e. The summed E-state index contributed by atoms with van der Waals surface area (Å²) in [6.07, 6.45) is 2.36. The smallest absolute Gasteiger partial charge is 0.242 e. The predicted octanol–water partition coefficient (Wildman–Crippen LogP) is 3.00. The lowest BCUT2D eigenvalue weighted by Gasteiger charge is -2.13. The van der Waals surface area contributed by atoms with Crippen molar-refractivity contribution in [3.63, 3.8) is 0 Å². The van der Waals surface area contributed by atoms with Gasteiger partial charge in [0.25, 0.3) is 0 Å². The lowest BCUT2D eigenvalue weighted by molar-refractivity contribution is 0.567. The number of nitrogens with one attached hydrogen (secondary N) is 2. The van der Waals surface area contributed by atoms with E-state index in [0.717, 1.165) is 18.5 Å². The molecule has 2 heterocycles. The van der Waals surface area contributed by atoms with E-state index in [1.807, 2.05) is 23.8 Å². The van der Waals surface area contributed by atoms with Gasteiger partial charge < -0.3 is 5.32 Å². The molecule has 2 aromatic rings. The number of hydrogen-bond acceptors (Lipinski definition) is 5. The van der Waals surface area contributed by atoms with Crippen LogP contribution in [-0.2, 0) is 10.0 Å². The zero-order valence-electron chi connectivity index (χ0n) is 12.0. The fourth-order valence-corrected chi connectivity index (χ4v) is 3.72. The third-order valence-electron chi connectivity index (χ3n) is 2.98. The van der Waals surface area contributed by atoms with Crippen LogP contribution in [0.3, 0.4) is 0 Å². The highest BCUT2D eigenvalue weighted by Crippen LogP contribution is 2.19. The van der Waals surface area contributed by atoms with Gasteiger partial charge in [0.15, 0.2) is 0 Å². The first-order valence-corrected chi connectivity index (χ1v) is 9.20. The normalized spacial score (nSPS) is 13.0. The predicted molar refractivity (Wildman–Crippen MR) is 86.1 cm³/mol. The Morgan fingerprint density at radius 3 is 2.71 bits per heavy atom. The summed E-state index contributed by atoms with van der Waals surface area (Å²) < 4.78 is 27.2. The van der Waals surface area contributed by atoms with Crippen molar-refractivity contribution in [2.45, 2.75) is 31.2 Å². The third kappa shape index (κ3) is 4.26. The Morgan fingerprint density at radius 1 is 1.33 bits per heavy atom. The van der Waals surface area contributed by atoms with Gasteiger partial charge in [-0.05, 0) is 47.9 Å². The molecule has 2 aromatic heterocycles. The van der Waals surface area contributed by atoms with E-state index in [2.05, 4.69) is 21.9 Å². The minimum absolute atomic E-state index is 0.173. The molecule has 2 rings (SSSR count). The fraction of sp³-hybridized carbons (Fsp3) is 0.357. The second-order valence-electron chi connectivity index (χ2n) is 4.71. The number of rotatable bonds is 7. The SMILES string of the molecule is CCCNc1ccc(S(=O)(=O)NC(C)c2ccsc2)cn1. The molecule has 2 N–H and O–H groups in total. The van der Waals surface area contributed by atoms with Gasteiger partial charge in [0.1, 0.15) is 10.7 Å². The molecule has 0 fully saturated rings. The summed E-state index contributed by atoms with van der Waals surface area (Å²) in [5.41, 5.74) is 0.956. The third-order valence-corrected chi connectivity index (χ3v) is 5.21. The molecule has 1 unspecified atom stereocenters. The summed E-state index contributed by atoms with van der Waals surface area (Å²) in [4.78, 5) is 4.30. The average molecular weight is 325 g/mol. The van der Waals surface area contributed by atoms with Crippen molar-refractivity contribution in [1.82, 2.24) is 9.71 Å². The molecule has 0 saturated heterocycles. The van der Waals surface area contributed by atoms with Crippen LogP contribution in [0.15, 0.2) is 40.1 Å². The van der Waals surface area contributed by atoms with Crippen molar-refractivity contribution in [1.29, 1.82) is 0 Å². The van der Waals surface area contributed by atoms with Gasteiger partial charge in [-0.25, -0.2) is 18.1 Å². The number of sulfonamides is 1. The maximum atomic E-state index is 12.3. The molecule has 5 nitrogen and oxygen atoms in total. The summed E-state index contributed by atoms with van der Waals surface area (Å²) >= 11 is 1.54. The summed E-state index contributed by atoms with van der Waals surface area (Å²) in [6.45, 7) is 4.69. The first kappa shape index (κ1) is 15.9. The topological polar surface area (TPSA) is 71.1 Å².